The average molecular weight is 338 g/mol. The van der Waals surface area contributed by atoms with Crippen molar-refractivity contribution in [1.29, 1.82) is 0 Å². The van der Waals surface area contributed by atoms with E-state index in [2.05, 4.69) is 15.2 Å². The Labute approximate surface area is 140 Å². The molecule has 1 aliphatic rings. The molecule has 7 heteroatoms. The minimum absolute atomic E-state index is 0.0260. The number of carbonyl (C=O) groups is 1. The van der Waals surface area contributed by atoms with Gasteiger partial charge in [0.05, 0.1) is 0 Å². The summed E-state index contributed by atoms with van der Waals surface area (Å²) >= 11 is 0. The van der Waals surface area contributed by atoms with Crippen molar-refractivity contribution in [3.8, 4) is 0 Å². The van der Waals surface area contributed by atoms with E-state index < -0.39 is 10.8 Å². The van der Waals surface area contributed by atoms with Gasteiger partial charge in [0, 0.05) is 61.2 Å². The fourth-order valence-corrected chi connectivity index (χ4v) is 3.00. The van der Waals surface area contributed by atoms with Crippen LogP contribution in [0.1, 0.15) is 19.8 Å². The Bertz CT molecular complexity index is 526. The topological polar surface area (TPSA) is 65.5 Å². The van der Waals surface area contributed by atoms with Crippen LogP contribution in [0.25, 0.3) is 0 Å². The van der Waals surface area contributed by atoms with E-state index in [9.17, 15) is 9.00 Å². The monoisotopic (exact) mass is 338 g/mol. The Hall–Kier alpha value is -1.63. The minimum Gasteiger partial charge on any atom is -0.355 e. The summed E-state index contributed by atoms with van der Waals surface area (Å²) in [7, 11) is -0.837. The SMILES string of the molecule is C[C@@H](CCNC(=O)N1CCCN(c2ccccn2)CC1)[S@@](C)=O. The number of aromatic nitrogens is 1. The molecule has 0 aliphatic carbocycles. The van der Waals surface area contributed by atoms with Gasteiger partial charge in [0.15, 0.2) is 0 Å². The highest BCUT2D eigenvalue weighted by atomic mass is 32.2. The summed E-state index contributed by atoms with van der Waals surface area (Å²) in [6, 6.07) is 5.87. The molecule has 2 heterocycles. The first-order chi connectivity index (χ1) is 11.1. The largest absolute Gasteiger partial charge is 0.355 e. The molecular weight excluding hydrogens is 312 g/mol. The third-order valence-electron chi connectivity index (χ3n) is 4.15. The fourth-order valence-electron chi connectivity index (χ4n) is 2.55. The standard InChI is InChI=1S/C16H26N4O2S/c1-14(23(2)22)7-9-18-16(21)20-11-5-10-19(12-13-20)15-6-3-4-8-17-15/h3-4,6,8,14H,5,7,9-13H2,1-2H3,(H,18,21)/t14-,23+/m0/s1. The normalized spacial score (nSPS) is 18.2. The zero-order valence-corrected chi connectivity index (χ0v) is 14.7. The molecule has 1 N–H and O–H groups in total. The van der Waals surface area contributed by atoms with Gasteiger partial charge in [-0.15, -0.1) is 0 Å². The van der Waals surface area contributed by atoms with Gasteiger partial charge in [-0.1, -0.05) is 13.0 Å². The van der Waals surface area contributed by atoms with Crippen LogP contribution >= 0.6 is 0 Å². The highest BCUT2D eigenvalue weighted by Gasteiger charge is 2.19. The van der Waals surface area contributed by atoms with E-state index >= 15 is 0 Å². The van der Waals surface area contributed by atoms with Crippen molar-refractivity contribution < 1.29 is 9.00 Å². The number of anilines is 1. The molecule has 2 amide bonds. The molecule has 0 radical (unpaired) electrons. The lowest BCUT2D eigenvalue weighted by Gasteiger charge is -2.23. The van der Waals surface area contributed by atoms with E-state index in [4.69, 9.17) is 0 Å². The van der Waals surface area contributed by atoms with Crippen LogP contribution in [0.5, 0.6) is 0 Å². The number of urea groups is 1. The van der Waals surface area contributed by atoms with Crippen LogP contribution in [-0.4, -0.2) is 64.4 Å². The van der Waals surface area contributed by atoms with Crippen LogP contribution in [0.3, 0.4) is 0 Å². The van der Waals surface area contributed by atoms with Gasteiger partial charge in [-0.05, 0) is 25.0 Å². The molecule has 0 bridgehead atoms. The van der Waals surface area contributed by atoms with Crippen LogP contribution in [0, 0.1) is 0 Å². The Morgan fingerprint density at radius 1 is 1.35 bits per heavy atom. The predicted molar refractivity (Wildman–Crippen MR) is 94.2 cm³/mol. The molecule has 1 aromatic heterocycles. The van der Waals surface area contributed by atoms with Crippen LogP contribution in [-0.2, 0) is 10.8 Å². The van der Waals surface area contributed by atoms with E-state index in [0.717, 1.165) is 38.3 Å². The maximum atomic E-state index is 12.3. The number of hydrogen-bond donors (Lipinski definition) is 1. The molecule has 1 fully saturated rings. The van der Waals surface area contributed by atoms with Gasteiger partial charge in [0.25, 0.3) is 0 Å². The second-order valence-corrected chi connectivity index (χ2v) is 7.65. The van der Waals surface area contributed by atoms with E-state index in [0.29, 0.717) is 13.1 Å². The number of nitrogens with zero attached hydrogens (tertiary/aromatic N) is 3. The number of amides is 2. The fraction of sp³-hybridized carbons (Fsp3) is 0.625. The smallest absolute Gasteiger partial charge is 0.317 e. The first kappa shape index (κ1) is 17.7. The number of rotatable bonds is 5. The van der Waals surface area contributed by atoms with Crippen LogP contribution in [0.4, 0.5) is 10.6 Å². The lowest BCUT2D eigenvalue weighted by atomic mass is 10.3. The quantitative estimate of drug-likeness (QED) is 0.883. The van der Waals surface area contributed by atoms with E-state index in [1.165, 1.54) is 0 Å². The van der Waals surface area contributed by atoms with Gasteiger partial charge in [-0.2, -0.15) is 0 Å². The summed E-state index contributed by atoms with van der Waals surface area (Å²) in [6.45, 7) is 5.66. The highest BCUT2D eigenvalue weighted by Crippen LogP contribution is 2.12. The Kier molecular flexibility index (Phi) is 6.83. The molecular formula is C16H26N4O2S. The van der Waals surface area contributed by atoms with Crippen molar-refractivity contribution >= 4 is 22.6 Å². The van der Waals surface area contributed by atoms with Gasteiger partial charge >= 0.3 is 6.03 Å². The van der Waals surface area contributed by atoms with E-state index in [-0.39, 0.29) is 11.3 Å². The summed E-state index contributed by atoms with van der Waals surface area (Å²) in [6.07, 6.45) is 5.17. The number of carbonyl (C=O) groups excluding carboxylic acids is 1. The first-order valence-electron chi connectivity index (χ1n) is 8.09. The molecule has 1 saturated heterocycles. The molecule has 0 aromatic carbocycles. The lowest BCUT2D eigenvalue weighted by molar-refractivity contribution is 0.201. The van der Waals surface area contributed by atoms with E-state index in [1.807, 2.05) is 30.0 Å². The number of nitrogens with one attached hydrogen (secondary N) is 1. The molecule has 6 nitrogen and oxygen atoms in total. The molecule has 0 saturated carbocycles. The molecule has 0 unspecified atom stereocenters. The third kappa shape index (κ3) is 5.49. The van der Waals surface area contributed by atoms with Crippen molar-refractivity contribution in [2.24, 2.45) is 0 Å². The summed E-state index contributed by atoms with van der Waals surface area (Å²) in [4.78, 5) is 20.7. The van der Waals surface area contributed by atoms with Gasteiger partial charge in [-0.25, -0.2) is 9.78 Å². The predicted octanol–water partition coefficient (Wildman–Crippen LogP) is 1.46. The molecule has 2 atom stereocenters. The van der Waals surface area contributed by atoms with Gasteiger partial charge in [0.2, 0.25) is 0 Å². The Morgan fingerprint density at radius 3 is 2.87 bits per heavy atom. The molecule has 128 valence electrons. The summed E-state index contributed by atoms with van der Waals surface area (Å²) in [5.41, 5.74) is 0. The summed E-state index contributed by atoms with van der Waals surface area (Å²) in [5.74, 6) is 0.967. The van der Waals surface area contributed by atoms with Crippen molar-refractivity contribution in [2.75, 3.05) is 43.9 Å². The van der Waals surface area contributed by atoms with Crippen molar-refractivity contribution in [3.63, 3.8) is 0 Å². The summed E-state index contributed by atoms with van der Waals surface area (Å²) < 4.78 is 11.3. The zero-order chi connectivity index (χ0) is 16.7. The molecule has 2 rings (SSSR count). The van der Waals surface area contributed by atoms with Crippen molar-refractivity contribution in [3.05, 3.63) is 24.4 Å². The van der Waals surface area contributed by atoms with Crippen molar-refractivity contribution in [2.45, 2.75) is 25.0 Å². The lowest BCUT2D eigenvalue weighted by Crippen LogP contribution is -2.42. The van der Waals surface area contributed by atoms with Crippen molar-refractivity contribution in [1.82, 2.24) is 15.2 Å². The first-order valence-corrected chi connectivity index (χ1v) is 9.71. The van der Waals surface area contributed by atoms with E-state index in [1.54, 1.807) is 12.5 Å². The van der Waals surface area contributed by atoms with Crippen LogP contribution in [0.15, 0.2) is 24.4 Å². The van der Waals surface area contributed by atoms with Crippen LogP contribution < -0.4 is 10.2 Å². The second kappa shape index (κ2) is 8.86. The Balaban J connectivity index is 1.78. The van der Waals surface area contributed by atoms with Crippen LogP contribution in [0.2, 0.25) is 0 Å². The maximum absolute atomic E-state index is 12.3. The highest BCUT2D eigenvalue weighted by molar-refractivity contribution is 7.84. The Morgan fingerprint density at radius 2 is 2.17 bits per heavy atom. The number of pyridine rings is 1. The molecule has 0 spiro atoms. The summed E-state index contributed by atoms with van der Waals surface area (Å²) in [5, 5.41) is 3.05. The zero-order valence-electron chi connectivity index (χ0n) is 13.9. The third-order valence-corrected chi connectivity index (χ3v) is 5.52. The minimum atomic E-state index is -0.837. The molecule has 1 aliphatic heterocycles. The van der Waals surface area contributed by atoms with Gasteiger partial charge in [-0.3, -0.25) is 4.21 Å². The molecule has 1 aromatic rings. The maximum Gasteiger partial charge on any atom is 0.317 e. The van der Waals surface area contributed by atoms with Gasteiger partial charge in [0.1, 0.15) is 5.82 Å². The van der Waals surface area contributed by atoms with Gasteiger partial charge < -0.3 is 15.1 Å². The number of hydrogen-bond acceptors (Lipinski definition) is 4. The average Bonchev–Trinajstić information content (AvgIpc) is 2.81. The second-order valence-electron chi connectivity index (χ2n) is 5.85. The molecule has 23 heavy (non-hydrogen) atoms.